The van der Waals surface area contributed by atoms with Crippen molar-refractivity contribution in [3.63, 3.8) is 0 Å². The van der Waals surface area contributed by atoms with Crippen molar-refractivity contribution in [2.75, 3.05) is 13.7 Å². The third kappa shape index (κ3) is 5.20. The predicted molar refractivity (Wildman–Crippen MR) is 73.3 cm³/mol. The Morgan fingerprint density at radius 1 is 1.28 bits per heavy atom. The second kappa shape index (κ2) is 7.03. The van der Waals surface area contributed by atoms with Gasteiger partial charge in [0.05, 0.1) is 18.1 Å². The molecule has 1 rings (SSSR count). The van der Waals surface area contributed by atoms with Crippen LogP contribution in [0.4, 0.5) is 0 Å². The summed E-state index contributed by atoms with van der Waals surface area (Å²) < 4.78 is 5.65. The van der Waals surface area contributed by atoms with Crippen LogP contribution in [0.1, 0.15) is 32.3 Å². The Balaban J connectivity index is 2.30. The van der Waals surface area contributed by atoms with Crippen molar-refractivity contribution in [2.24, 2.45) is 5.41 Å². The fourth-order valence-corrected chi connectivity index (χ4v) is 1.67. The molecule has 1 aromatic carbocycles. The van der Waals surface area contributed by atoms with Crippen molar-refractivity contribution < 1.29 is 4.74 Å². The molecule has 0 bridgehead atoms. The molecule has 0 heterocycles. The third-order valence-electron chi connectivity index (χ3n) is 2.82. The first-order valence-corrected chi connectivity index (χ1v) is 6.35. The second-order valence-electron chi connectivity index (χ2n) is 5.12. The van der Waals surface area contributed by atoms with E-state index in [0.717, 1.165) is 25.1 Å². The van der Waals surface area contributed by atoms with E-state index in [1.807, 2.05) is 33.0 Å². The Bertz CT molecular complexity index is 390. The van der Waals surface area contributed by atoms with Gasteiger partial charge in [0.1, 0.15) is 5.75 Å². The molecule has 0 spiro atoms. The lowest BCUT2D eigenvalue weighted by Crippen LogP contribution is -2.10. The quantitative estimate of drug-likeness (QED) is 0.752. The summed E-state index contributed by atoms with van der Waals surface area (Å²) in [5.41, 5.74) is 0.996. The number of hydrogen-bond donors (Lipinski definition) is 1. The van der Waals surface area contributed by atoms with Crippen LogP contribution < -0.4 is 10.1 Å². The largest absolute Gasteiger partial charge is 0.494 e. The highest BCUT2D eigenvalue weighted by Gasteiger charge is 2.15. The van der Waals surface area contributed by atoms with E-state index in [1.54, 1.807) is 0 Å². The van der Waals surface area contributed by atoms with Gasteiger partial charge in [0.2, 0.25) is 0 Å². The van der Waals surface area contributed by atoms with Gasteiger partial charge in [-0.25, -0.2) is 0 Å². The van der Waals surface area contributed by atoms with Gasteiger partial charge >= 0.3 is 0 Å². The number of nitriles is 1. The van der Waals surface area contributed by atoms with Gasteiger partial charge < -0.3 is 10.1 Å². The SMILES string of the molecule is CNCc1ccc(OCCCC(C)(C)C#N)cc1. The number of ether oxygens (including phenoxy) is 1. The normalized spacial score (nSPS) is 11.0. The molecule has 0 aliphatic heterocycles. The summed E-state index contributed by atoms with van der Waals surface area (Å²) in [4.78, 5) is 0. The smallest absolute Gasteiger partial charge is 0.119 e. The number of hydrogen-bond acceptors (Lipinski definition) is 3. The Hall–Kier alpha value is -1.53. The fourth-order valence-electron chi connectivity index (χ4n) is 1.67. The molecule has 98 valence electrons. The molecule has 1 N–H and O–H groups in total. The van der Waals surface area contributed by atoms with Gasteiger partial charge in [0.15, 0.2) is 0 Å². The molecule has 18 heavy (non-hydrogen) atoms. The Kier molecular flexibility index (Phi) is 5.67. The molecule has 0 radical (unpaired) electrons. The molecule has 0 saturated heterocycles. The summed E-state index contributed by atoms with van der Waals surface area (Å²) in [6, 6.07) is 10.4. The molecule has 1 aromatic rings. The van der Waals surface area contributed by atoms with E-state index in [4.69, 9.17) is 10.00 Å². The van der Waals surface area contributed by atoms with Gasteiger partial charge in [-0.3, -0.25) is 0 Å². The van der Waals surface area contributed by atoms with Crippen molar-refractivity contribution in [1.82, 2.24) is 5.32 Å². The average Bonchev–Trinajstić information content (AvgIpc) is 2.37. The first kappa shape index (κ1) is 14.5. The Labute approximate surface area is 110 Å². The minimum Gasteiger partial charge on any atom is -0.494 e. The molecule has 3 heteroatoms. The lowest BCUT2D eigenvalue weighted by Gasteiger charge is -2.14. The molecule has 0 amide bonds. The predicted octanol–water partition coefficient (Wildman–Crippen LogP) is 3.11. The monoisotopic (exact) mass is 246 g/mol. The van der Waals surface area contributed by atoms with Gasteiger partial charge in [0, 0.05) is 6.54 Å². The minimum absolute atomic E-state index is 0.250. The van der Waals surface area contributed by atoms with Crippen LogP contribution in [0.15, 0.2) is 24.3 Å². The lowest BCUT2D eigenvalue weighted by atomic mass is 9.90. The standard InChI is InChI=1S/C15H22N2O/c1-15(2,12-16)9-4-10-18-14-7-5-13(6-8-14)11-17-3/h5-8,17H,4,9-11H2,1-3H3. The zero-order chi connectivity index (χ0) is 13.4. The molecule has 0 unspecified atom stereocenters. The number of nitrogens with zero attached hydrogens (tertiary/aromatic N) is 1. The zero-order valence-electron chi connectivity index (χ0n) is 11.5. The van der Waals surface area contributed by atoms with Gasteiger partial charge in [0.25, 0.3) is 0 Å². The van der Waals surface area contributed by atoms with Gasteiger partial charge in [-0.05, 0) is 51.4 Å². The van der Waals surface area contributed by atoms with Crippen molar-refractivity contribution >= 4 is 0 Å². The molecule has 3 nitrogen and oxygen atoms in total. The summed E-state index contributed by atoms with van der Waals surface area (Å²) in [6.45, 7) is 5.45. The van der Waals surface area contributed by atoms with Crippen LogP contribution in [-0.2, 0) is 6.54 Å². The van der Waals surface area contributed by atoms with Crippen LogP contribution in [0.25, 0.3) is 0 Å². The lowest BCUT2D eigenvalue weighted by molar-refractivity contribution is 0.284. The number of benzene rings is 1. The van der Waals surface area contributed by atoms with E-state index < -0.39 is 0 Å². The summed E-state index contributed by atoms with van der Waals surface area (Å²) in [5.74, 6) is 0.893. The van der Waals surface area contributed by atoms with Gasteiger partial charge in [-0.1, -0.05) is 12.1 Å². The van der Waals surface area contributed by atoms with Gasteiger partial charge in [-0.2, -0.15) is 5.26 Å². The zero-order valence-corrected chi connectivity index (χ0v) is 11.5. The van der Waals surface area contributed by atoms with Crippen LogP contribution in [0.2, 0.25) is 0 Å². The van der Waals surface area contributed by atoms with Crippen LogP contribution in [0.5, 0.6) is 5.75 Å². The van der Waals surface area contributed by atoms with Crippen molar-refractivity contribution in [1.29, 1.82) is 5.26 Å². The number of nitrogens with one attached hydrogen (secondary N) is 1. The molecular formula is C15H22N2O. The third-order valence-corrected chi connectivity index (χ3v) is 2.82. The first-order valence-electron chi connectivity index (χ1n) is 6.35. The van der Waals surface area contributed by atoms with Crippen LogP contribution in [0, 0.1) is 16.7 Å². The maximum Gasteiger partial charge on any atom is 0.119 e. The van der Waals surface area contributed by atoms with Crippen molar-refractivity contribution in [2.45, 2.75) is 33.2 Å². The van der Waals surface area contributed by atoms with Crippen molar-refractivity contribution in [3.8, 4) is 11.8 Å². The molecule has 0 aromatic heterocycles. The average molecular weight is 246 g/mol. The summed E-state index contributed by atoms with van der Waals surface area (Å²) >= 11 is 0. The molecule has 0 aliphatic rings. The van der Waals surface area contributed by atoms with Gasteiger partial charge in [-0.15, -0.1) is 0 Å². The molecule has 0 fully saturated rings. The molecule has 0 aliphatic carbocycles. The minimum atomic E-state index is -0.250. The maximum atomic E-state index is 8.89. The van der Waals surface area contributed by atoms with E-state index in [-0.39, 0.29) is 5.41 Å². The second-order valence-corrected chi connectivity index (χ2v) is 5.12. The Morgan fingerprint density at radius 3 is 2.50 bits per heavy atom. The molecular weight excluding hydrogens is 224 g/mol. The van der Waals surface area contributed by atoms with E-state index in [1.165, 1.54) is 5.56 Å². The van der Waals surface area contributed by atoms with E-state index >= 15 is 0 Å². The van der Waals surface area contributed by atoms with E-state index in [2.05, 4.69) is 23.5 Å². The highest BCUT2D eigenvalue weighted by atomic mass is 16.5. The fraction of sp³-hybridized carbons (Fsp3) is 0.533. The number of rotatable bonds is 7. The Morgan fingerprint density at radius 2 is 1.94 bits per heavy atom. The molecule has 0 saturated carbocycles. The highest BCUT2D eigenvalue weighted by Crippen LogP contribution is 2.21. The topological polar surface area (TPSA) is 45.0 Å². The summed E-state index contributed by atoms with van der Waals surface area (Å²) in [6.07, 6.45) is 1.76. The first-order chi connectivity index (χ1) is 8.57. The van der Waals surface area contributed by atoms with Crippen molar-refractivity contribution in [3.05, 3.63) is 29.8 Å². The van der Waals surface area contributed by atoms with E-state index in [0.29, 0.717) is 6.61 Å². The van der Waals surface area contributed by atoms with Crippen LogP contribution in [-0.4, -0.2) is 13.7 Å². The highest BCUT2D eigenvalue weighted by molar-refractivity contribution is 5.27. The molecule has 0 atom stereocenters. The van der Waals surface area contributed by atoms with E-state index in [9.17, 15) is 0 Å². The van der Waals surface area contributed by atoms with Crippen LogP contribution >= 0.6 is 0 Å². The van der Waals surface area contributed by atoms with Crippen LogP contribution in [0.3, 0.4) is 0 Å². The maximum absolute atomic E-state index is 8.89. The summed E-state index contributed by atoms with van der Waals surface area (Å²) in [7, 11) is 1.93. The summed E-state index contributed by atoms with van der Waals surface area (Å²) in [5, 5.41) is 12.0.